The molecule has 1 N–H and O–H groups in total. The number of nitrogens with one attached hydrogen (secondary N) is 1. The van der Waals surface area contributed by atoms with Crippen LogP contribution >= 0.6 is 0 Å². The van der Waals surface area contributed by atoms with E-state index in [2.05, 4.69) is 10.4 Å². The van der Waals surface area contributed by atoms with E-state index in [0.717, 1.165) is 18.2 Å². The highest BCUT2D eigenvalue weighted by molar-refractivity contribution is 6.07. The summed E-state index contributed by atoms with van der Waals surface area (Å²) < 4.78 is 32.2. The van der Waals surface area contributed by atoms with Crippen molar-refractivity contribution < 1.29 is 23.1 Å². The van der Waals surface area contributed by atoms with Gasteiger partial charge < -0.3 is 10.1 Å². The summed E-state index contributed by atoms with van der Waals surface area (Å²) in [5.74, 6) is -3.43. The molecule has 0 aliphatic carbocycles. The normalized spacial score (nSPS) is 10.4. The molecule has 1 aromatic heterocycles. The average Bonchev–Trinajstić information content (AvgIpc) is 2.83. The number of carbonyl (C=O) groups is 2. The average molecular weight is 309 g/mol. The Balaban J connectivity index is 2.26. The third kappa shape index (κ3) is 3.11. The number of benzene rings is 1. The maximum Gasteiger partial charge on any atom is 0.343 e. The van der Waals surface area contributed by atoms with Crippen LogP contribution in [0.2, 0.25) is 0 Å². The van der Waals surface area contributed by atoms with Gasteiger partial charge in [0.05, 0.1) is 12.8 Å². The first-order valence-electron chi connectivity index (χ1n) is 6.39. The quantitative estimate of drug-likeness (QED) is 0.878. The lowest BCUT2D eigenvalue weighted by atomic mass is 10.2. The fraction of sp³-hybridized carbons (Fsp3) is 0.214. The maximum absolute atomic E-state index is 13.2. The molecule has 0 fully saturated rings. The second-order valence-corrected chi connectivity index (χ2v) is 4.33. The number of amides is 1. The fourth-order valence-electron chi connectivity index (χ4n) is 1.76. The summed E-state index contributed by atoms with van der Waals surface area (Å²) in [5.41, 5.74) is -0.0183. The molecule has 0 aliphatic rings. The first-order chi connectivity index (χ1) is 10.4. The smallest absolute Gasteiger partial charge is 0.343 e. The first-order valence-corrected chi connectivity index (χ1v) is 6.39. The van der Waals surface area contributed by atoms with Crippen molar-refractivity contribution in [3.05, 3.63) is 47.2 Å². The Morgan fingerprint density at radius 1 is 1.32 bits per heavy atom. The summed E-state index contributed by atoms with van der Waals surface area (Å²) in [5, 5.41) is 6.30. The summed E-state index contributed by atoms with van der Waals surface area (Å²) in [6, 6.07) is 2.75. The van der Waals surface area contributed by atoms with Crippen LogP contribution in [0.4, 0.5) is 14.6 Å². The highest BCUT2D eigenvalue weighted by Crippen LogP contribution is 2.17. The molecule has 116 valence electrons. The van der Waals surface area contributed by atoms with Crippen molar-refractivity contribution in [1.29, 1.82) is 0 Å². The molecule has 1 heterocycles. The molecule has 0 bridgehead atoms. The van der Waals surface area contributed by atoms with Crippen LogP contribution < -0.4 is 5.32 Å². The molecule has 2 aromatic rings. The van der Waals surface area contributed by atoms with Crippen LogP contribution in [0.5, 0.6) is 0 Å². The van der Waals surface area contributed by atoms with E-state index in [4.69, 9.17) is 4.74 Å². The van der Waals surface area contributed by atoms with Gasteiger partial charge in [0.15, 0.2) is 11.6 Å². The minimum absolute atomic E-state index is 0.0697. The van der Waals surface area contributed by atoms with Crippen LogP contribution in [-0.2, 0) is 11.8 Å². The summed E-state index contributed by atoms with van der Waals surface area (Å²) in [6.07, 6.45) is 1.25. The molecule has 0 atom stereocenters. The van der Waals surface area contributed by atoms with Gasteiger partial charge in [0.2, 0.25) is 0 Å². The van der Waals surface area contributed by atoms with Gasteiger partial charge >= 0.3 is 5.97 Å². The van der Waals surface area contributed by atoms with E-state index >= 15 is 0 Å². The number of halogens is 2. The van der Waals surface area contributed by atoms with Crippen molar-refractivity contribution in [2.45, 2.75) is 6.92 Å². The summed E-state index contributed by atoms with van der Waals surface area (Å²) in [4.78, 5) is 23.8. The Hall–Kier alpha value is -2.77. The lowest BCUT2D eigenvalue weighted by Gasteiger charge is -2.08. The van der Waals surface area contributed by atoms with E-state index in [1.54, 1.807) is 6.92 Å². The van der Waals surface area contributed by atoms with Gasteiger partial charge in [-0.25, -0.2) is 13.6 Å². The zero-order chi connectivity index (χ0) is 16.3. The maximum atomic E-state index is 13.2. The van der Waals surface area contributed by atoms with Crippen LogP contribution in [0, 0.1) is 11.6 Å². The second kappa shape index (κ2) is 6.33. The number of hydrogen-bond acceptors (Lipinski definition) is 4. The molecule has 0 unspecified atom stereocenters. The highest BCUT2D eigenvalue weighted by atomic mass is 19.2. The molecule has 0 spiro atoms. The third-order valence-electron chi connectivity index (χ3n) is 2.85. The topological polar surface area (TPSA) is 73.2 Å². The van der Waals surface area contributed by atoms with Crippen LogP contribution in [0.25, 0.3) is 0 Å². The number of nitrogens with zero attached hydrogens (tertiary/aromatic N) is 2. The van der Waals surface area contributed by atoms with Crippen LogP contribution in [0.1, 0.15) is 27.6 Å². The van der Waals surface area contributed by atoms with Crippen molar-refractivity contribution in [3.8, 4) is 0 Å². The summed E-state index contributed by atoms with van der Waals surface area (Å²) in [7, 11) is 1.52. The molecule has 0 saturated carbocycles. The molecule has 22 heavy (non-hydrogen) atoms. The number of hydrogen-bond donors (Lipinski definition) is 1. The molecular weight excluding hydrogens is 296 g/mol. The highest BCUT2D eigenvalue weighted by Gasteiger charge is 2.20. The van der Waals surface area contributed by atoms with E-state index < -0.39 is 23.5 Å². The molecule has 0 saturated heterocycles. The number of rotatable bonds is 4. The van der Waals surface area contributed by atoms with E-state index in [0.29, 0.717) is 0 Å². The van der Waals surface area contributed by atoms with Crippen molar-refractivity contribution in [3.63, 3.8) is 0 Å². The Morgan fingerprint density at radius 2 is 2.05 bits per heavy atom. The Kier molecular flexibility index (Phi) is 4.50. The number of carbonyl (C=O) groups excluding carboxylic acids is 2. The minimum atomic E-state index is -1.14. The molecule has 6 nitrogen and oxygen atoms in total. The molecule has 0 aliphatic heterocycles. The van der Waals surface area contributed by atoms with Gasteiger partial charge in [-0.05, 0) is 25.1 Å². The SMILES string of the molecule is CCOC(=O)c1cnn(C)c1NC(=O)c1ccc(F)c(F)c1. The fourth-order valence-corrected chi connectivity index (χ4v) is 1.76. The number of ether oxygens (including phenoxy) is 1. The molecule has 2 rings (SSSR count). The first kappa shape index (κ1) is 15.6. The number of anilines is 1. The zero-order valence-electron chi connectivity index (χ0n) is 11.9. The van der Waals surface area contributed by atoms with Gasteiger partial charge in [-0.2, -0.15) is 5.10 Å². The van der Waals surface area contributed by atoms with Crippen molar-refractivity contribution in [2.24, 2.45) is 7.05 Å². The van der Waals surface area contributed by atoms with E-state index in [1.165, 1.54) is 17.9 Å². The van der Waals surface area contributed by atoms with Gasteiger partial charge in [0.25, 0.3) is 5.91 Å². The lowest BCUT2D eigenvalue weighted by molar-refractivity contribution is 0.0527. The third-order valence-corrected chi connectivity index (χ3v) is 2.85. The number of aryl methyl sites for hydroxylation is 1. The summed E-state index contributed by atoms with van der Waals surface area (Å²) >= 11 is 0. The van der Waals surface area contributed by atoms with Gasteiger partial charge in [0.1, 0.15) is 11.4 Å². The number of esters is 1. The standard InChI is InChI=1S/C14H13F2N3O3/c1-3-22-14(21)9-7-17-19(2)12(9)18-13(20)8-4-5-10(15)11(16)6-8/h4-7H,3H2,1-2H3,(H,18,20). The Labute approximate surface area is 124 Å². The molecule has 1 amide bonds. The lowest BCUT2D eigenvalue weighted by Crippen LogP contribution is -2.18. The zero-order valence-corrected chi connectivity index (χ0v) is 11.9. The Morgan fingerprint density at radius 3 is 2.68 bits per heavy atom. The number of aromatic nitrogens is 2. The van der Waals surface area contributed by atoms with E-state index in [9.17, 15) is 18.4 Å². The van der Waals surface area contributed by atoms with Crippen LogP contribution in [0.15, 0.2) is 24.4 Å². The van der Waals surface area contributed by atoms with Gasteiger partial charge in [-0.1, -0.05) is 0 Å². The second-order valence-electron chi connectivity index (χ2n) is 4.33. The minimum Gasteiger partial charge on any atom is -0.462 e. The predicted octanol–water partition coefficient (Wildman–Crippen LogP) is 2.13. The Bertz CT molecular complexity index is 728. The van der Waals surface area contributed by atoms with E-state index in [-0.39, 0.29) is 23.6 Å². The van der Waals surface area contributed by atoms with Crippen LogP contribution in [0.3, 0.4) is 0 Å². The molecule has 1 aromatic carbocycles. The molecular formula is C14H13F2N3O3. The van der Waals surface area contributed by atoms with Crippen molar-refractivity contribution in [2.75, 3.05) is 11.9 Å². The molecule has 8 heteroatoms. The van der Waals surface area contributed by atoms with E-state index in [1.807, 2.05) is 0 Å². The predicted molar refractivity (Wildman–Crippen MR) is 73.5 cm³/mol. The largest absolute Gasteiger partial charge is 0.462 e. The van der Waals surface area contributed by atoms with Crippen LogP contribution in [-0.4, -0.2) is 28.3 Å². The van der Waals surface area contributed by atoms with Gasteiger partial charge in [-0.15, -0.1) is 0 Å². The van der Waals surface area contributed by atoms with Gasteiger partial charge in [0, 0.05) is 12.6 Å². The van der Waals surface area contributed by atoms with Crippen molar-refractivity contribution in [1.82, 2.24) is 9.78 Å². The van der Waals surface area contributed by atoms with Gasteiger partial charge in [-0.3, -0.25) is 9.48 Å². The monoisotopic (exact) mass is 309 g/mol. The summed E-state index contributed by atoms with van der Waals surface area (Å²) in [6.45, 7) is 1.82. The van der Waals surface area contributed by atoms with Crippen molar-refractivity contribution >= 4 is 17.7 Å². The molecule has 0 radical (unpaired) electrons.